The van der Waals surface area contributed by atoms with Gasteiger partial charge in [0.15, 0.2) is 0 Å². The monoisotopic (exact) mass is 318 g/mol. The molecule has 1 aliphatic rings. The van der Waals surface area contributed by atoms with E-state index in [1.165, 1.54) is 0 Å². The van der Waals surface area contributed by atoms with Crippen LogP contribution in [0.15, 0.2) is 29.2 Å². The van der Waals surface area contributed by atoms with Crippen molar-refractivity contribution in [3.8, 4) is 5.40 Å². The van der Waals surface area contributed by atoms with Crippen molar-refractivity contribution in [3.05, 3.63) is 24.3 Å². The van der Waals surface area contributed by atoms with Crippen molar-refractivity contribution >= 4 is 29.4 Å². The third kappa shape index (κ3) is 4.15. The highest BCUT2D eigenvalue weighted by Gasteiger charge is 2.31. The number of hydrogen-bond donors (Lipinski definition) is 2. The molecule has 1 heterocycles. The Hall–Kier alpha value is -2.20. The van der Waals surface area contributed by atoms with E-state index in [0.29, 0.717) is 18.7 Å². The summed E-state index contributed by atoms with van der Waals surface area (Å²) in [5.41, 5.74) is 0.643. The highest BCUT2D eigenvalue weighted by atomic mass is 32.2. The molecular weight excluding hydrogens is 300 g/mol. The average molecular weight is 318 g/mol. The predicted molar refractivity (Wildman–Crippen MR) is 85.3 cm³/mol. The standard InChI is InChI=1S/C15H18N4O2S/c1-10(2)19-8-12(7-14(19)20)18-15(21)17-11-3-5-13(6-4-11)22-9-16/h3-6,10,12H,7-8H2,1-2H3,(H2,17,18,21). The number of nitrogens with zero attached hydrogens (tertiary/aromatic N) is 2. The quantitative estimate of drug-likeness (QED) is 0.659. The molecule has 1 fully saturated rings. The number of carbonyl (C=O) groups is 2. The molecule has 1 aliphatic heterocycles. The number of hydrogen-bond acceptors (Lipinski definition) is 4. The van der Waals surface area contributed by atoms with Gasteiger partial charge in [-0.25, -0.2) is 4.79 Å². The maximum absolute atomic E-state index is 12.0. The maximum Gasteiger partial charge on any atom is 0.319 e. The summed E-state index contributed by atoms with van der Waals surface area (Å²) in [6.45, 7) is 4.46. The molecule has 3 amide bonds. The molecule has 1 atom stereocenters. The molecule has 0 bridgehead atoms. The summed E-state index contributed by atoms with van der Waals surface area (Å²) >= 11 is 1.07. The molecule has 1 aromatic carbocycles. The molecule has 0 aliphatic carbocycles. The van der Waals surface area contributed by atoms with E-state index in [-0.39, 0.29) is 24.0 Å². The SMILES string of the molecule is CC(C)N1CC(NC(=O)Nc2ccc(SC#N)cc2)CC1=O. The predicted octanol–water partition coefficient (Wildman–Crippen LogP) is 2.39. The Balaban J connectivity index is 1.86. The van der Waals surface area contributed by atoms with E-state index in [9.17, 15) is 9.59 Å². The van der Waals surface area contributed by atoms with Gasteiger partial charge in [0, 0.05) is 29.6 Å². The minimum Gasteiger partial charge on any atom is -0.338 e. The van der Waals surface area contributed by atoms with Crippen molar-refractivity contribution in [3.63, 3.8) is 0 Å². The van der Waals surface area contributed by atoms with E-state index in [0.717, 1.165) is 16.7 Å². The Morgan fingerprint density at radius 3 is 2.64 bits per heavy atom. The smallest absolute Gasteiger partial charge is 0.319 e. The zero-order valence-corrected chi connectivity index (χ0v) is 13.3. The van der Waals surface area contributed by atoms with Crippen molar-refractivity contribution in [2.75, 3.05) is 11.9 Å². The van der Waals surface area contributed by atoms with Gasteiger partial charge in [-0.3, -0.25) is 4.79 Å². The lowest BCUT2D eigenvalue weighted by atomic mass is 10.2. The summed E-state index contributed by atoms with van der Waals surface area (Å²) in [7, 11) is 0. The molecule has 0 aromatic heterocycles. The van der Waals surface area contributed by atoms with E-state index in [2.05, 4.69) is 10.6 Å². The van der Waals surface area contributed by atoms with Crippen LogP contribution in [-0.4, -0.2) is 35.5 Å². The van der Waals surface area contributed by atoms with Gasteiger partial charge < -0.3 is 15.5 Å². The molecule has 2 N–H and O–H groups in total. The number of anilines is 1. The van der Waals surface area contributed by atoms with Crippen LogP contribution in [0, 0.1) is 10.7 Å². The van der Waals surface area contributed by atoms with E-state index in [4.69, 9.17) is 5.26 Å². The Morgan fingerprint density at radius 1 is 1.41 bits per heavy atom. The summed E-state index contributed by atoms with van der Waals surface area (Å²) < 4.78 is 0. The molecule has 1 aromatic rings. The summed E-state index contributed by atoms with van der Waals surface area (Å²) in [4.78, 5) is 26.3. The van der Waals surface area contributed by atoms with Gasteiger partial charge >= 0.3 is 6.03 Å². The van der Waals surface area contributed by atoms with Gasteiger partial charge in [-0.05, 0) is 49.9 Å². The Labute approximate surface area is 133 Å². The van der Waals surface area contributed by atoms with E-state index in [1.807, 2.05) is 19.2 Å². The second-order valence-corrected chi connectivity index (χ2v) is 6.22. The van der Waals surface area contributed by atoms with Gasteiger partial charge in [0.05, 0.1) is 6.04 Å². The number of urea groups is 1. The van der Waals surface area contributed by atoms with Crippen LogP contribution in [0.5, 0.6) is 0 Å². The van der Waals surface area contributed by atoms with Gasteiger partial charge in [0.1, 0.15) is 5.40 Å². The molecule has 1 saturated heterocycles. The highest BCUT2D eigenvalue weighted by molar-refractivity contribution is 8.03. The van der Waals surface area contributed by atoms with E-state index in [1.54, 1.807) is 29.2 Å². The first-order valence-corrected chi connectivity index (χ1v) is 7.84. The van der Waals surface area contributed by atoms with Crippen molar-refractivity contribution in [1.82, 2.24) is 10.2 Å². The van der Waals surface area contributed by atoms with Gasteiger partial charge in [0.25, 0.3) is 0 Å². The second-order valence-electron chi connectivity index (χ2n) is 5.36. The number of rotatable bonds is 4. The van der Waals surface area contributed by atoms with Crippen LogP contribution in [0.4, 0.5) is 10.5 Å². The van der Waals surface area contributed by atoms with Gasteiger partial charge in [-0.15, -0.1) is 0 Å². The Morgan fingerprint density at radius 2 is 2.09 bits per heavy atom. The first-order valence-electron chi connectivity index (χ1n) is 7.02. The topological polar surface area (TPSA) is 85.2 Å². The number of thiocyanates is 1. The van der Waals surface area contributed by atoms with E-state index < -0.39 is 0 Å². The molecule has 0 radical (unpaired) electrons. The van der Waals surface area contributed by atoms with Crippen LogP contribution in [0.2, 0.25) is 0 Å². The fourth-order valence-corrected chi connectivity index (χ4v) is 2.72. The van der Waals surface area contributed by atoms with E-state index >= 15 is 0 Å². The molecular formula is C15H18N4O2S. The number of likely N-dealkylation sites (tertiary alicyclic amines) is 1. The maximum atomic E-state index is 12.0. The molecule has 6 nitrogen and oxygen atoms in total. The second kappa shape index (κ2) is 7.18. The Bertz CT molecular complexity index is 595. The largest absolute Gasteiger partial charge is 0.338 e. The number of thioether (sulfide) groups is 1. The first-order chi connectivity index (χ1) is 10.5. The summed E-state index contributed by atoms with van der Waals surface area (Å²) in [6.07, 6.45) is 0.337. The fraction of sp³-hybridized carbons (Fsp3) is 0.400. The third-order valence-electron chi connectivity index (χ3n) is 3.39. The molecule has 116 valence electrons. The third-order valence-corrected chi connectivity index (χ3v) is 3.99. The minimum atomic E-state index is -0.330. The van der Waals surface area contributed by atoms with Crippen LogP contribution in [-0.2, 0) is 4.79 Å². The van der Waals surface area contributed by atoms with Crippen LogP contribution < -0.4 is 10.6 Å². The van der Waals surface area contributed by atoms with Crippen LogP contribution in [0.3, 0.4) is 0 Å². The normalized spacial score (nSPS) is 17.5. The summed E-state index contributed by atoms with van der Waals surface area (Å²) in [5.74, 6) is 0.0678. The number of amides is 3. The number of nitriles is 1. The number of nitrogens with one attached hydrogen (secondary N) is 2. The molecule has 0 spiro atoms. The molecule has 7 heteroatoms. The molecule has 22 heavy (non-hydrogen) atoms. The van der Waals surface area contributed by atoms with Crippen molar-refractivity contribution in [2.24, 2.45) is 0 Å². The van der Waals surface area contributed by atoms with Gasteiger partial charge in [-0.2, -0.15) is 5.26 Å². The van der Waals surface area contributed by atoms with Gasteiger partial charge in [0.2, 0.25) is 5.91 Å². The lowest BCUT2D eigenvalue weighted by Crippen LogP contribution is -2.40. The van der Waals surface area contributed by atoms with Crippen LogP contribution in [0.1, 0.15) is 20.3 Å². The van der Waals surface area contributed by atoms with Crippen molar-refractivity contribution < 1.29 is 9.59 Å². The van der Waals surface area contributed by atoms with Gasteiger partial charge in [-0.1, -0.05) is 0 Å². The molecule has 1 unspecified atom stereocenters. The van der Waals surface area contributed by atoms with Crippen molar-refractivity contribution in [1.29, 1.82) is 5.26 Å². The number of benzene rings is 1. The average Bonchev–Trinajstić information content (AvgIpc) is 2.82. The Kier molecular flexibility index (Phi) is 5.28. The fourth-order valence-electron chi connectivity index (χ4n) is 2.34. The zero-order chi connectivity index (χ0) is 16.1. The number of carbonyl (C=O) groups excluding carboxylic acids is 2. The first kappa shape index (κ1) is 16.2. The summed E-state index contributed by atoms with van der Waals surface area (Å²) in [5, 5.41) is 16.1. The molecule has 2 rings (SSSR count). The van der Waals surface area contributed by atoms with Crippen molar-refractivity contribution in [2.45, 2.75) is 37.2 Å². The lowest BCUT2D eigenvalue weighted by molar-refractivity contribution is -0.129. The van der Waals surface area contributed by atoms with Crippen LogP contribution in [0.25, 0.3) is 0 Å². The van der Waals surface area contributed by atoms with Crippen LogP contribution >= 0.6 is 11.8 Å². The summed E-state index contributed by atoms with van der Waals surface area (Å²) in [6, 6.07) is 6.66. The molecule has 0 saturated carbocycles. The highest BCUT2D eigenvalue weighted by Crippen LogP contribution is 2.19. The lowest BCUT2D eigenvalue weighted by Gasteiger charge is -2.21. The zero-order valence-electron chi connectivity index (χ0n) is 12.5. The minimum absolute atomic E-state index is 0.0678.